The summed E-state index contributed by atoms with van der Waals surface area (Å²) in [6.45, 7) is 1.95. The number of nitrogens with zero attached hydrogens (tertiary/aromatic N) is 2. The van der Waals surface area contributed by atoms with E-state index in [9.17, 15) is 13.2 Å². The minimum absolute atomic E-state index is 0.0387. The van der Waals surface area contributed by atoms with Gasteiger partial charge in [-0.2, -0.15) is 0 Å². The van der Waals surface area contributed by atoms with Crippen LogP contribution in [0.1, 0.15) is 24.5 Å². The van der Waals surface area contributed by atoms with Crippen molar-refractivity contribution in [1.82, 2.24) is 9.55 Å². The summed E-state index contributed by atoms with van der Waals surface area (Å²) in [5, 5.41) is 0. The van der Waals surface area contributed by atoms with Crippen LogP contribution < -0.4 is 0 Å². The van der Waals surface area contributed by atoms with E-state index in [-0.39, 0.29) is 5.56 Å². The highest BCUT2D eigenvalue weighted by Crippen LogP contribution is 2.34. The SMILES string of the molecule is CCc1nc2cc(Br)c(C(F)C(F)F)cc2n1C. The molecule has 0 saturated heterocycles. The Morgan fingerprint density at radius 3 is 2.56 bits per heavy atom. The van der Waals surface area contributed by atoms with Crippen molar-refractivity contribution in [3.05, 3.63) is 28.0 Å². The van der Waals surface area contributed by atoms with Crippen molar-refractivity contribution in [3.63, 3.8) is 0 Å². The number of alkyl halides is 3. The predicted molar refractivity (Wildman–Crippen MR) is 67.6 cm³/mol. The van der Waals surface area contributed by atoms with E-state index in [2.05, 4.69) is 20.9 Å². The van der Waals surface area contributed by atoms with Gasteiger partial charge in [-0.05, 0) is 12.1 Å². The summed E-state index contributed by atoms with van der Waals surface area (Å²) < 4.78 is 40.5. The molecule has 18 heavy (non-hydrogen) atoms. The number of aromatic nitrogens is 2. The number of fused-ring (bicyclic) bond motifs is 1. The maximum atomic E-state index is 13.5. The van der Waals surface area contributed by atoms with Crippen LogP contribution in [-0.2, 0) is 13.5 Å². The van der Waals surface area contributed by atoms with Crippen molar-refractivity contribution in [3.8, 4) is 0 Å². The molecule has 1 heterocycles. The van der Waals surface area contributed by atoms with Crippen LogP contribution in [0, 0.1) is 0 Å². The van der Waals surface area contributed by atoms with Crippen LogP contribution in [0.3, 0.4) is 0 Å². The van der Waals surface area contributed by atoms with Gasteiger partial charge in [0.25, 0.3) is 6.43 Å². The molecule has 0 spiro atoms. The molecule has 0 saturated carbocycles. The average Bonchev–Trinajstić information content (AvgIpc) is 2.63. The molecular weight excluding hydrogens is 309 g/mol. The lowest BCUT2D eigenvalue weighted by Crippen LogP contribution is -2.04. The van der Waals surface area contributed by atoms with Crippen molar-refractivity contribution < 1.29 is 13.2 Å². The Hall–Kier alpha value is -1.04. The van der Waals surface area contributed by atoms with Gasteiger partial charge in [-0.3, -0.25) is 0 Å². The molecule has 1 atom stereocenters. The van der Waals surface area contributed by atoms with Gasteiger partial charge in [0.2, 0.25) is 0 Å². The van der Waals surface area contributed by atoms with E-state index >= 15 is 0 Å². The number of aryl methyl sites for hydroxylation is 2. The van der Waals surface area contributed by atoms with E-state index in [1.807, 2.05) is 6.92 Å². The average molecular weight is 321 g/mol. The highest BCUT2D eigenvalue weighted by molar-refractivity contribution is 9.10. The van der Waals surface area contributed by atoms with E-state index in [1.165, 1.54) is 6.07 Å². The Morgan fingerprint density at radius 2 is 2.00 bits per heavy atom. The number of imidazole rings is 1. The summed E-state index contributed by atoms with van der Waals surface area (Å²) in [6.07, 6.45) is -4.59. The Kier molecular flexibility index (Phi) is 3.66. The van der Waals surface area contributed by atoms with Crippen LogP contribution in [-0.4, -0.2) is 16.0 Å². The van der Waals surface area contributed by atoms with Crippen LogP contribution >= 0.6 is 15.9 Å². The van der Waals surface area contributed by atoms with Crippen molar-refractivity contribution in [2.75, 3.05) is 0 Å². The minimum Gasteiger partial charge on any atom is -0.331 e. The van der Waals surface area contributed by atoms with E-state index in [0.717, 1.165) is 12.2 Å². The Balaban J connectivity index is 2.63. The second-order valence-corrected chi connectivity index (χ2v) is 4.89. The molecule has 0 radical (unpaired) electrons. The molecule has 0 aliphatic carbocycles. The molecule has 0 bridgehead atoms. The van der Waals surface area contributed by atoms with Crippen molar-refractivity contribution >= 4 is 27.0 Å². The lowest BCUT2D eigenvalue weighted by Gasteiger charge is -2.10. The Bertz CT molecular complexity index is 580. The first-order valence-corrected chi connectivity index (χ1v) is 6.32. The van der Waals surface area contributed by atoms with Gasteiger partial charge in [-0.1, -0.05) is 22.9 Å². The zero-order valence-electron chi connectivity index (χ0n) is 9.92. The summed E-state index contributed by atoms with van der Waals surface area (Å²) in [4.78, 5) is 4.36. The molecule has 0 N–H and O–H groups in total. The summed E-state index contributed by atoms with van der Waals surface area (Å²) in [7, 11) is 1.79. The zero-order chi connectivity index (χ0) is 13.4. The Morgan fingerprint density at radius 1 is 1.33 bits per heavy atom. The number of halogens is 4. The smallest absolute Gasteiger partial charge is 0.273 e. The number of hydrogen-bond acceptors (Lipinski definition) is 1. The van der Waals surface area contributed by atoms with Crippen molar-refractivity contribution in [2.45, 2.75) is 25.9 Å². The van der Waals surface area contributed by atoms with Gasteiger partial charge >= 0.3 is 0 Å². The second-order valence-electron chi connectivity index (χ2n) is 4.04. The Labute approximate surface area is 111 Å². The van der Waals surface area contributed by atoms with Gasteiger partial charge in [0.05, 0.1) is 11.0 Å². The minimum atomic E-state index is -3.03. The first-order chi connectivity index (χ1) is 8.45. The molecule has 2 rings (SSSR count). The molecule has 0 aliphatic heterocycles. The molecule has 0 fully saturated rings. The third-order valence-electron chi connectivity index (χ3n) is 2.93. The lowest BCUT2D eigenvalue weighted by atomic mass is 10.1. The van der Waals surface area contributed by atoms with Gasteiger partial charge in [0.15, 0.2) is 6.17 Å². The molecular formula is C12H12BrF3N2. The van der Waals surface area contributed by atoms with E-state index in [1.54, 1.807) is 17.7 Å². The van der Waals surface area contributed by atoms with Crippen molar-refractivity contribution in [1.29, 1.82) is 0 Å². The first-order valence-electron chi connectivity index (χ1n) is 5.52. The van der Waals surface area contributed by atoms with Gasteiger partial charge in [0, 0.05) is 23.5 Å². The summed E-state index contributed by atoms with van der Waals surface area (Å²) in [6, 6.07) is 3.02. The zero-order valence-corrected chi connectivity index (χ0v) is 11.5. The molecule has 1 aromatic carbocycles. The van der Waals surface area contributed by atoms with Crippen LogP contribution in [0.5, 0.6) is 0 Å². The second kappa shape index (κ2) is 4.91. The predicted octanol–water partition coefficient (Wildman–Crippen LogP) is 4.17. The maximum Gasteiger partial charge on any atom is 0.273 e. The fourth-order valence-electron chi connectivity index (χ4n) is 1.94. The van der Waals surface area contributed by atoms with E-state index < -0.39 is 12.6 Å². The quantitative estimate of drug-likeness (QED) is 0.829. The molecule has 6 heteroatoms. The van der Waals surface area contributed by atoms with Crippen molar-refractivity contribution in [2.24, 2.45) is 7.05 Å². The molecule has 2 nitrogen and oxygen atoms in total. The largest absolute Gasteiger partial charge is 0.331 e. The molecule has 1 unspecified atom stereocenters. The molecule has 2 aromatic rings. The molecule has 1 aromatic heterocycles. The van der Waals surface area contributed by atoms with Gasteiger partial charge < -0.3 is 4.57 Å². The van der Waals surface area contributed by atoms with Gasteiger partial charge in [0.1, 0.15) is 5.82 Å². The topological polar surface area (TPSA) is 17.8 Å². The van der Waals surface area contributed by atoms with Crippen LogP contribution in [0.15, 0.2) is 16.6 Å². The standard InChI is InChI=1S/C12H12BrF3N2/c1-3-10-17-8-5-7(13)6(11(14)12(15)16)4-9(8)18(10)2/h4-5,11-12H,3H2,1-2H3. The van der Waals surface area contributed by atoms with E-state index in [0.29, 0.717) is 15.5 Å². The summed E-state index contributed by atoms with van der Waals surface area (Å²) in [5.74, 6) is 0.835. The number of rotatable bonds is 3. The molecule has 0 aliphatic rings. The normalized spacial score (nSPS) is 13.5. The van der Waals surface area contributed by atoms with E-state index in [4.69, 9.17) is 0 Å². The highest BCUT2D eigenvalue weighted by atomic mass is 79.9. The van der Waals surface area contributed by atoms with Crippen LogP contribution in [0.4, 0.5) is 13.2 Å². The number of benzene rings is 1. The lowest BCUT2D eigenvalue weighted by molar-refractivity contribution is 0.0492. The van der Waals surface area contributed by atoms with Crippen LogP contribution in [0.25, 0.3) is 11.0 Å². The maximum absolute atomic E-state index is 13.5. The fraction of sp³-hybridized carbons (Fsp3) is 0.417. The third-order valence-corrected chi connectivity index (χ3v) is 3.61. The fourth-order valence-corrected chi connectivity index (χ4v) is 2.49. The number of hydrogen-bond donors (Lipinski definition) is 0. The monoisotopic (exact) mass is 320 g/mol. The first kappa shape index (κ1) is 13.4. The molecule has 98 valence electrons. The summed E-state index contributed by atoms with van der Waals surface area (Å²) >= 11 is 3.12. The highest BCUT2D eigenvalue weighted by Gasteiger charge is 2.25. The van der Waals surface area contributed by atoms with Gasteiger partial charge in [-0.15, -0.1) is 0 Å². The third kappa shape index (κ3) is 2.13. The van der Waals surface area contributed by atoms with Crippen LogP contribution in [0.2, 0.25) is 0 Å². The van der Waals surface area contributed by atoms with Gasteiger partial charge in [-0.25, -0.2) is 18.2 Å². The summed E-state index contributed by atoms with van der Waals surface area (Å²) in [5.41, 5.74) is 1.29. The molecule has 0 amide bonds.